The van der Waals surface area contributed by atoms with Crippen molar-refractivity contribution in [1.82, 2.24) is 36.5 Å². The fourth-order valence-corrected chi connectivity index (χ4v) is 7.35. The Morgan fingerprint density at radius 2 is 1.42 bits per heavy atom. The molecule has 6 amide bonds. The van der Waals surface area contributed by atoms with Crippen molar-refractivity contribution in [3.63, 3.8) is 0 Å². The van der Waals surface area contributed by atoms with E-state index in [1.165, 1.54) is 36.1 Å². The number of aliphatic hydroxyl groups is 2. The molecule has 0 radical (unpaired) electrons. The minimum atomic E-state index is -1.56. The van der Waals surface area contributed by atoms with Gasteiger partial charge >= 0.3 is 5.97 Å². The van der Waals surface area contributed by atoms with Crippen LogP contribution in [-0.2, 0) is 46.4 Å². The molecule has 2 heterocycles. The number of nitrogens with zero attached hydrogens (tertiary/aromatic N) is 1. The summed E-state index contributed by atoms with van der Waals surface area (Å²) in [6, 6.07) is 3.98. The highest BCUT2D eigenvalue weighted by Gasteiger charge is 2.40. The summed E-state index contributed by atoms with van der Waals surface area (Å²) in [5.41, 5.74) is 7.90. The van der Waals surface area contributed by atoms with Crippen LogP contribution in [0.1, 0.15) is 65.0 Å². The highest BCUT2D eigenvalue weighted by molar-refractivity contribution is 5.98. The lowest BCUT2D eigenvalue weighted by molar-refractivity contribution is -0.144. The molecule has 12 N–H and O–H groups in total. The van der Waals surface area contributed by atoms with Crippen LogP contribution < -0.4 is 32.3 Å². The van der Waals surface area contributed by atoms with Crippen molar-refractivity contribution in [2.75, 3.05) is 13.2 Å². The van der Waals surface area contributed by atoms with Crippen molar-refractivity contribution in [3.05, 3.63) is 65.9 Å². The van der Waals surface area contributed by atoms with Crippen molar-refractivity contribution in [1.29, 1.82) is 0 Å². The first-order valence-corrected chi connectivity index (χ1v) is 20.7. The number of phenolic OH excluding ortho intramolecular Hbond substituents is 1. The van der Waals surface area contributed by atoms with Crippen LogP contribution in [0.4, 0.5) is 0 Å². The number of phenols is 1. The Labute approximate surface area is 359 Å². The van der Waals surface area contributed by atoms with Crippen molar-refractivity contribution in [3.8, 4) is 5.75 Å². The second-order valence-corrected chi connectivity index (χ2v) is 16.5. The molecule has 4 rings (SSSR count). The minimum absolute atomic E-state index is 0.0181. The lowest BCUT2D eigenvalue weighted by Crippen LogP contribution is -2.62. The molecule has 1 aliphatic heterocycles. The summed E-state index contributed by atoms with van der Waals surface area (Å²) in [6.07, 6.45) is 0.977. The lowest BCUT2D eigenvalue weighted by atomic mass is 10.0. The fraction of sp³-hybridized carbons (Fsp3) is 0.512. The first kappa shape index (κ1) is 48.6. The number of hydrogen-bond acceptors (Lipinski definition) is 11. The van der Waals surface area contributed by atoms with E-state index < -0.39 is 102 Å². The van der Waals surface area contributed by atoms with Gasteiger partial charge in [-0.2, -0.15) is 0 Å². The number of aromatic nitrogens is 1. The third kappa shape index (κ3) is 13.0. The zero-order valence-electron chi connectivity index (χ0n) is 35.6. The molecule has 0 aliphatic carbocycles. The van der Waals surface area contributed by atoms with Crippen molar-refractivity contribution < 1.29 is 54.0 Å². The Bertz CT molecular complexity index is 2050. The van der Waals surface area contributed by atoms with Gasteiger partial charge in [-0.25, -0.2) is 4.79 Å². The third-order valence-corrected chi connectivity index (χ3v) is 10.7. The number of likely N-dealkylation sites (tertiary alicyclic amines) is 1. The Hall–Kier alpha value is -6.05. The molecule has 0 saturated carbocycles. The van der Waals surface area contributed by atoms with Crippen LogP contribution in [-0.4, -0.2) is 133 Å². The second-order valence-electron chi connectivity index (χ2n) is 16.5. The van der Waals surface area contributed by atoms with E-state index in [0.717, 1.165) is 10.9 Å². The normalized spacial score (nSPS) is 17.3. The van der Waals surface area contributed by atoms with Crippen LogP contribution >= 0.6 is 0 Å². The summed E-state index contributed by atoms with van der Waals surface area (Å²) in [5, 5.41) is 53.8. The largest absolute Gasteiger partial charge is 0.508 e. The summed E-state index contributed by atoms with van der Waals surface area (Å²) in [6.45, 7) is 7.44. The summed E-state index contributed by atoms with van der Waals surface area (Å²) < 4.78 is 0. The lowest BCUT2D eigenvalue weighted by Gasteiger charge is -2.31. The molecule has 2 aromatic carbocycles. The van der Waals surface area contributed by atoms with Gasteiger partial charge < -0.3 is 62.6 Å². The standard InChI is InChI=1S/C43H60N8O11/c1-22(2)17-29(44)37(55)50-36(24(5)53)41(59)49-35(23(3)4)40(58)48-33(21-52)42(60)51-16-8-11-34(51)39(57)46-31(19-26-20-45-30-10-7-6-9-28(26)30)38(56)47-32(43(61)62)18-25-12-14-27(54)15-13-25/h6-7,9-10,12-15,20,22-24,29,31-36,45,52-54H,8,11,16-19,21,44H2,1-5H3,(H,46,57)(H,47,56)(H,48,58)(H,49,59)(H,50,55)(H,61,62)/t24-,29+,31+,32+,33+,34+,35+,36+/m1/s1. The molecule has 1 fully saturated rings. The number of amides is 6. The van der Waals surface area contributed by atoms with Gasteiger partial charge in [0.2, 0.25) is 35.4 Å². The van der Waals surface area contributed by atoms with E-state index in [1.807, 2.05) is 32.0 Å². The quantitative estimate of drug-likeness (QED) is 0.0650. The smallest absolute Gasteiger partial charge is 0.326 e. The maximum atomic E-state index is 14.1. The number of aliphatic carboxylic acids is 1. The minimum Gasteiger partial charge on any atom is -0.508 e. The van der Waals surface area contributed by atoms with E-state index in [2.05, 4.69) is 31.6 Å². The van der Waals surface area contributed by atoms with Crippen LogP contribution in [0.25, 0.3) is 10.9 Å². The number of benzene rings is 2. The Morgan fingerprint density at radius 3 is 2.03 bits per heavy atom. The molecule has 0 unspecified atom stereocenters. The van der Waals surface area contributed by atoms with Gasteiger partial charge in [-0.3, -0.25) is 28.8 Å². The Kier molecular flexibility index (Phi) is 17.4. The molecule has 3 aromatic rings. The van der Waals surface area contributed by atoms with E-state index in [-0.39, 0.29) is 37.5 Å². The van der Waals surface area contributed by atoms with E-state index in [9.17, 15) is 54.0 Å². The van der Waals surface area contributed by atoms with Gasteiger partial charge in [-0.15, -0.1) is 0 Å². The van der Waals surface area contributed by atoms with E-state index >= 15 is 0 Å². The van der Waals surface area contributed by atoms with Crippen molar-refractivity contribution in [2.45, 2.75) is 115 Å². The number of H-pyrrole nitrogens is 1. The number of carboxylic acids is 1. The van der Waals surface area contributed by atoms with E-state index in [0.29, 0.717) is 24.0 Å². The average Bonchev–Trinajstić information content (AvgIpc) is 3.88. The number of aromatic hydroxyl groups is 1. The number of nitrogens with one attached hydrogen (secondary N) is 6. The number of fused-ring (bicyclic) bond motifs is 1. The third-order valence-electron chi connectivity index (χ3n) is 10.7. The van der Waals surface area contributed by atoms with Crippen LogP contribution in [0.5, 0.6) is 5.75 Å². The molecule has 62 heavy (non-hydrogen) atoms. The Balaban J connectivity index is 1.49. The number of rotatable bonds is 21. The molecule has 1 aliphatic rings. The molecular weight excluding hydrogens is 805 g/mol. The fourth-order valence-electron chi connectivity index (χ4n) is 7.35. The van der Waals surface area contributed by atoms with Crippen molar-refractivity contribution in [2.24, 2.45) is 17.6 Å². The molecule has 1 saturated heterocycles. The SMILES string of the molecule is CC(C)C[C@H](N)C(=O)N[C@H](C(=O)N[C@H](C(=O)N[C@@H](CO)C(=O)N1CCC[C@H]1C(=O)N[C@@H](Cc1c[nH]c2ccccc12)C(=O)N[C@@H](Cc1ccc(O)cc1)C(=O)O)C(C)C)[C@@H](C)O. The number of aliphatic hydroxyl groups excluding tert-OH is 2. The van der Waals surface area contributed by atoms with Crippen LogP contribution in [0.2, 0.25) is 0 Å². The highest BCUT2D eigenvalue weighted by atomic mass is 16.4. The number of hydrogen-bond donors (Lipinski definition) is 11. The molecule has 1 aromatic heterocycles. The molecule has 19 nitrogen and oxygen atoms in total. The monoisotopic (exact) mass is 864 g/mol. The first-order valence-electron chi connectivity index (χ1n) is 20.7. The number of aromatic amines is 1. The second kappa shape index (κ2) is 22.2. The molecular formula is C43H60N8O11. The van der Waals surface area contributed by atoms with Crippen LogP contribution in [0, 0.1) is 11.8 Å². The number of carbonyl (C=O) groups excluding carboxylic acids is 6. The van der Waals surface area contributed by atoms with Crippen LogP contribution in [0.15, 0.2) is 54.7 Å². The maximum absolute atomic E-state index is 14.1. The number of para-hydroxylation sites is 1. The summed E-state index contributed by atoms with van der Waals surface area (Å²) >= 11 is 0. The van der Waals surface area contributed by atoms with Crippen molar-refractivity contribution >= 4 is 52.3 Å². The molecule has 0 spiro atoms. The Morgan fingerprint density at radius 1 is 0.790 bits per heavy atom. The van der Waals surface area contributed by atoms with Gasteiger partial charge in [-0.05, 0) is 67.3 Å². The first-order chi connectivity index (χ1) is 29.3. The molecule has 338 valence electrons. The predicted octanol–water partition coefficient (Wildman–Crippen LogP) is -0.439. The van der Waals surface area contributed by atoms with E-state index in [4.69, 9.17) is 5.73 Å². The predicted molar refractivity (Wildman–Crippen MR) is 227 cm³/mol. The number of carbonyl (C=O) groups is 7. The molecule has 0 bridgehead atoms. The average molecular weight is 865 g/mol. The highest BCUT2D eigenvalue weighted by Crippen LogP contribution is 2.22. The number of carboxylic acid groups (broad SMARTS) is 1. The maximum Gasteiger partial charge on any atom is 0.326 e. The van der Waals surface area contributed by atoms with Gasteiger partial charge in [0.05, 0.1) is 18.8 Å². The topological polar surface area (TPSA) is 306 Å². The molecule has 19 heteroatoms. The van der Waals surface area contributed by atoms with Gasteiger partial charge in [0, 0.05) is 36.5 Å². The molecule has 8 atom stereocenters. The van der Waals surface area contributed by atoms with E-state index in [1.54, 1.807) is 26.1 Å². The van der Waals surface area contributed by atoms with Gasteiger partial charge in [0.25, 0.3) is 0 Å². The summed E-state index contributed by atoms with van der Waals surface area (Å²) in [5.74, 6) is -6.59. The van der Waals surface area contributed by atoms with Gasteiger partial charge in [0.1, 0.15) is 42.0 Å². The van der Waals surface area contributed by atoms with Gasteiger partial charge in [0.15, 0.2) is 0 Å². The van der Waals surface area contributed by atoms with Crippen LogP contribution in [0.3, 0.4) is 0 Å². The summed E-state index contributed by atoms with van der Waals surface area (Å²) in [7, 11) is 0. The zero-order valence-corrected chi connectivity index (χ0v) is 35.6. The zero-order chi connectivity index (χ0) is 45.8. The number of nitrogens with two attached hydrogens (primary N) is 1. The van der Waals surface area contributed by atoms with Gasteiger partial charge in [-0.1, -0.05) is 58.0 Å². The summed E-state index contributed by atoms with van der Waals surface area (Å²) in [4.78, 5) is 98.3.